The minimum Gasteiger partial charge on any atom is -0.387 e. The maximum absolute atomic E-state index is 13.0. The Balaban J connectivity index is 1.30. The molecular weight excluding hydrogens is 407 g/mol. The molecule has 0 aliphatic carbocycles. The number of carbonyl (C=O) groups excluding carboxylic acids is 1. The van der Waals surface area contributed by atoms with Crippen LogP contribution < -0.4 is 10.2 Å². The van der Waals surface area contributed by atoms with Crippen LogP contribution in [0.2, 0.25) is 0 Å². The summed E-state index contributed by atoms with van der Waals surface area (Å²) in [5.74, 6) is 0.0680. The molecule has 31 heavy (non-hydrogen) atoms. The van der Waals surface area contributed by atoms with Gasteiger partial charge >= 0.3 is 6.18 Å². The molecule has 2 saturated heterocycles. The van der Waals surface area contributed by atoms with Crippen molar-refractivity contribution in [3.05, 3.63) is 65.2 Å². The molecule has 2 aliphatic rings. The fourth-order valence-electron chi connectivity index (χ4n) is 4.23. The van der Waals surface area contributed by atoms with E-state index in [4.69, 9.17) is 0 Å². The van der Waals surface area contributed by atoms with Gasteiger partial charge in [0.1, 0.15) is 0 Å². The van der Waals surface area contributed by atoms with Crippen molar-refractivity contribution in [2.24, 2.45) is 0 Å². The lowest BCUT2D eigenvalue weighted by Gasteiger charge is -2.37. The molecule has 2 atom stereocenters. The summed E-state index contributed by atoms with van der Waals surface area (Å²) in [7, 11) is 0. The first-order valence-electron chi connectivity index (χ1n) is 10.5. The number of anilines is 1. The zero-order chi connectivity index (χ0) is 22.0. The van der Waals surface area contributed by atoms with Gasteiger partial charge in [-0.15, -0.1) is 0 Å². The maximum Gasteiger partial charge on any atom is 0.416 e. The maximum atomic E-state index is 13.0. The van der Waals surface area contributed by atoms with Gasteiger partial charge in [-0.1, -0.05) is 30.3 Å². The van der Waals surface area contributed by atoms with Crippen LogP contribution in [0.3, 0.4) is 0 Å². The molecule has 0 bridgehead atoms. The highest BCUT2D eigenvalue weighted by molar-refractivity contribution is 5.78. The molecular formula is C23H26F3N3O2. The summed E-state index contributed by atoms with van der Waals surface area (Å²) >= 11 is 0. The average molecular weight is 433 g/mol. The van der Waals surface area contributed by atoms with Crippen LogP contribution in [0.15, 0.2) is 48.5 Å². The second kappa shape index (κ2) is 8.88. The third-order valence-electron chi connectivity index (χ3n) is 6.06. The molecule has 2 unspecified atom stereocenters. The molecule has 8 heteroatoms. The average Bonchev–Trinajstić information content (AvgIpc) is 3.20. The molecule has 2 heterocycles. The van der Waals surface area contributed by atoms with Crippen molar-refractivity contribution in [1.82, 2.24) is 10.2 Å². The van der Waals surface area contributed by atoms with E-state index in [0.29, 0.717) is 44.8 Å². The van der Waals surface area contributed by atoms with Crippen LogP contribution in [-0.4, -0.2) is 48.6 Å². The molecule has 0 aromatic heterocycles. The number of benzene rings is 2. The second-order valence-electron chi connectivity index (χ2n) is 8.18. The number of aliphatic hydroxyl groups excluding tert-OH is 1. The van der Waals surface area contributed by atoms with Gasteiger partial charge in [-0.3, -0.25) is 9.69 Å². The highest BCUT2D eigenvalue weighted by atomic mass is 19.4. The molecule has 2 aliphatic heterocycles. The standard InChI is InChI=1S/C23H26F3N3O2/c24-23(25,26)18-2-1-3-19(14-18)29-12-10-28(11-13-29)15-21(30)17-6-4-16(5-7-17)20-8-9-22(31)27-20/h1-7,14,20-21,30H,8-13,15H2,(H,27,31). The van der Waals surface area contributed by atoms with Crippen molar-refractivity contribution < 1.29 is 23.1 Å². The number of rotatable bonds is 5. The summed E-state index contributed by atoms with van der Waals surface area (Å²) in [6, 6.07) is 13.1. The number of hydrogen-bond acceptors (Lipinski definition) is 4. The molecule has 2 N–H and O–H groups in total. The Morgan fingerprint density at radius 3 is 2.39 bits per heavy atom. The third-order valence-corrected chi connectivity index (χ3v) is 6.06. The van der Waals surface area contributed by atoms with Crippen molar-refractivity contribution in [3.63, 3.8) is 0 Å². The SMILES string of the molecule is O=C1CCC(c2ccc(C(O)CN3CCN(c4cccc(C(F)(F)F)c4)CC3)cc2)N1. The first kappa shape index (κ1) is 21.6. The summed E-state index contributed by atoms with van der Waals surface area (Å²) in [5, 5.41) is 13.6. The van der Waals surface area contributed by atoms with E-state index < -0.39 is 17.8 Å². The largest absolute Gasteiger partial charge is 0.416 e. The molecule has 1 amide bonds. The molecule has 2 aromatic carbocycles. The third kappa shape index (κ3) is 5.19. The fourth-order valence-corrected chi connectivity index (χ4v) is 4.23. The number of hydrogen-bond donors (Lipinski definition) is 2. The highest BCUT2D eigenvalue weighted by Gasteiger charge is 2.31. The van der Waals surface area contributed by atoms with Gasteiger partial charge in [-0.05, 0) is 35.7 Å². The van der Waals surface area contributed by atoms with E-state index in [0.717, 1.165) is 23.6 Å². The Morgan fingerprint density at radius 2 is 1.77 bits per heavy atom. The van der Waals surface area contributed by atoms with E-state index in [1.54, 1.807) is 6.07 Å². The zero-order valence-electron chi connectivity index (χ0n) is 17.1. The van der Waals surface area contributed by atoms with E-state index in [2.05, 4.69) is 10.2 Å². The molecule has 2 fully saturated rings. The quantitative estimate of drug-likeness (QED) is 0.758. The van der Waals surface area contributed by atoms with Crippen molar-refractivity contribution in [3.8, 4) is 0 Å². The van der Waals surface area contributed by atoms with Crippen molar-refractivity contribution in [2.75, 3.05) is 37.6 Å². The molecule has 0 radical (unpaired) electrons. The van der Waals surface area contributed by atoms with Crippen LogP contribution in [0.25, 0.3) is 0 Å². The van der Waals surface area contributed by atoms with Crippen molar-refractivity contribution >= 4 is 11.6 Å². The van der Waals surface area contributed by atoms with Gasteiger partial charge in [0.25, 0.3) is 0 Å². The number of nitrogens with one attached hydrogen (secondary N) is 1. The van der Waals surface area contributed by atoms with E-state index in [1.807, 2.05) is 29.2 Å². The number of amides is 1. The number of carbonyl (C=O) groups is 1. The fraction of sp³-hybridized carbons (Fsp3) is 0.435. The number of halogens is 3. The smallest absolute Gasteiger partial charge is 0.387 e. The first-order valence-corrected chi connectivity index (χ1v) is 10.5. The predicted molar refractivity (Wildman–Crippen MR) is 112 cm³/mol. The van der Waals surface area contributed by atoms with Gasteiger partial charge in [0.15, 0.2) is 0 Å². The molecule has 166 valence electrons. The van der Waals surface area contributed by atoms with Gasteiger partial charge in [0, 0.05) is 44.8 Å². The Hall–Kier alpha value is -2.58. The molecule has 0 saturated carbocycles. The van der Waals surface area contributed by atoms with E-state index in [-0.39, 0.29) is 11.9 Å². The molecule has 0 spiro atoms. The van der Waals surface area contributed by atoms with E-state index >= 15 is 0 Å². The van der Waals surface area contributed by atoms with E-state index in [9.17, 15) is 23.1 Å². The molecule has 5 nitrogen and oxygen atoms in total. The van der Waals surface area contributed by atoms with Crippen molar-refractivity contribution in [1.29, 1.82) is 0 Å². The summed E-state index contributed by atoms with van der Waals surface area (Å²) in [4.78, 5) is 15.5. The Morgan fingerprint density at radius 1 is 1.06 bits per heavy atom. The van der Waals surface area contributed by atoms with Crippen LogP contribution in [0, 0.1) is 0 Å². The van der Waals surface area contributed by atoms with Crippen LogP contribution in [0.5, 0.6) is 0 Å². The number of aliphatic hydroxyl groups is 1. The Labute approximate surface area is 179 Å². The minimum absolute atomic E-state index is 0.0441. The number of nitrogens with zero attached hydrogens (tertiary/aromatic N) is 2. The van der Waals surface area contributed by atoms with E-state index in [1.165, 1.54) is 12.1 Å². The van der Waals surface area contributed by atoms with Gasteiger partial charge in [0.2, 0.25) is 5.91 Å². The monoisotopic (exact) mass is 433 g/mol. The number of piperazine rings is 1. The summed E-state index contributed by atoms with van der Waals surface area (Å²) in [5.41, 5.74) is 1.79. The number of alkyl halides is 3. The first-order chi connectivity index (χ1) is 14.8. The Bertz CT molecular complexity index is 909. The van der Waals surface area contributed by atoms with Crippen LogP contribution in [0.1, 0.15) is 41.7 Å². The predicted octanol–water partition coefficient (Wildman–Crippen LogP) is 3.51. The topological polar surface area (TPSA) is 55.8 Å². The van der Waals surface area contributed by atoms with Gasteiger partial charge in [-0.25, -0.2) is 0 Å². The van der Waals surface area contributed by atoms with Crippen LogP contribution in [-0.2, 0) is 11.0 Å². The summed E-state index contributed by atoms with van der Waals surface area (Å²) in [6.07, 6.45) is -3.66. The molecule has 2 aromatic rings. The summed E-state index contributed by atoms with van der Waals surface area (Å²) in [6.45, 7) is 3.01. The summed E-state index contributed by atoms with van der Waals surface area (Å²) < 4.78 is 38.9. The minimum atomic E-state index is -4.35. The Kier molecular flexibility index (Phi) is 6.20. The lowest BCUT2D eigenvalue weighted by molar-refractivity contribution is -0.137. The normalized spacial score (nSPS) is 21.2. The van der Waals surface area contributed by atoms with Crippen LogP contribution in [0.4, 0.5) is 18.9 Å². The van der Waals surface area contributed by atoms with Gasteiger partial charge < -0.3 is 15.3 Å². The lowest BCUT2D eigenvalue weighted by Crippen LogP contribution is -2.47. The van der Waals surface area contributed by atoms with Gasteiger partial charge in [0.05, 0.1) is 17.7 Å². The lowest BCUT2D eigenvalue weighted by atomic mass is 10.0. The zero-order valence-corrected chi connectivity index (χ0v) is 17.1. The van der Waals surface area contributed by atoms with Crippen molar-refractivity contribution in [2.45, 2.75) is 31.2 Å². The number of β-amino-alcohol motifs (C(OH)–C–C–N with tert-alkyl or cyclic N) is 1. The highest BCUT2D eigenvalue weighted by Crippen LogP contribution is 2.32. The molecule has 4 rings (SSSR count). The van der Waals surface area contributed by atoms with Crippen LogP contribution >= 0.6 is 0 Å². The second-order valence-corrected chi connectivity index (χ2v) is 8.18. The van der Waals surface area contributed by atoms with Gasteiger partial charge in [-0.2, -0.15) is 13.2 Å².